The van der Waals surface area contributed by atoms with Crippen molar-refractivity contribution in [3.05, 3.63) is 11.9 Å². The number of carbonyl (C=O) groups is 1. The molecular weight excluding hydrogens is 207 g/mol. The van der Waals surface area contributed by atoms with Gasteiger partial charge < -0.3 is 4.74 Å². The summed E-state index contributed by atoms with van der Waals surface area (Å²) in [6.45, 7) is 5.37. The molecule has 0 aliphatic rings. The SMILES string of the molecule is CC(C)(C)OC(=O)CCC(=CF)CCl. The van der Waals surface area contributed by atoms with E-state index in [1.807, 2.05) is 0 Å². The van der Waals surface area contributed by atoms with Crippen molar-refractivity contribution in [1.29, 1.82) is 0 Å². The van der Waals surface area contributed by atoms with Crippen molar-refractivity contribution in [2.45, 2.75) is 39.2 Å². The molecule has 0 rings (SSSR count). The normalized spacial score (nSPS) is 12.8. The number of carbonyl (C=O) groups excluding carboxylic acids is 1. The van der Waals surface area contributed by atoms with Gasteiger partial charge in [0, 0.05) is 12.3 Å². The van der Waals surface area contributed by atoms with Crippen LogP contribution in [0.3, 0.4) is 0 Å². The molecule has 0 fully saturated rings. The first-order valence-corrected chi connectivity index (χ1v) is 4.98. The van der Waals surface area contributed by atoms with Crippen LogP contribution in [0.4, 0.5) is 4.39 Å². The summed E-state index contributed by atoms with van der Waals surface area (Å²) in [6, 6.07) is 0. The van der Waals surface area contributed by atoms with Gasteiger partial charge in [0.25, 0.3) is 0 Å². The molecule has 2 nitrogen and oxygen atoms in total. The van der Waals surface area contributed by atoms with E-state index in [0.717, 1.165) is 0 Å². The molecule has 0 spiro atoms. The Kier molecular flexibility index (Phi) is 5.77. The molecule has 0 radical (unpaired) electrons. The van der Waals surface area contributed by atoms with E-state index in [2.05, 4.69) is 0 Å². The number of ether oxygens (including phenoxy) is 1. The van der Waals surface area contributed by atoms with Crippen LogP contribution in [-0.4, -0.2) is 17.5 Å². The summed E-state index contributed by atoms with van der Waals surface area (Å²) in [4.78, 5) is 11.2. The maximum atomic E-state index is 12.0. The largest absolute Gasteiger partial charge is 0.460 e. The molecule has 0 unspecified atom stereocenters. The van der Waals surface area contributed by atoms with Crippen LogP contribution in [0.1, 0.15) is 33.6 Å². The highest BCUT2D eigenvalue weighted by Crippen LogP contribution is 2.12. The number of alkyl halides is 1. The summed E-state index contributed by atoms with van der Waals surface area (Å²) in [5, 5.41) is 0. The second-order valence-corrected chi connectivity index (χ2v) is 4.25. The lowest BCUT2D eigenvalue weighted by atomic mass is 10.1. The standard InChI is InChI=1S/C10H16ClFO2/c1-10(2,3)14-9(13)5-4-8(6-11)7-12/h7H,4-6H2,1-3H3. The Bertz CT molecular complexity index is 219. The van der Waals surface area contributed by atoms with E-state index in [1.54, 1.807) is 20.8 Å². The first kappa shape index (κ1) is 13.4. The Morgan fingerprint density at radius 1 is 1.43 bits per heavy atom. The average Bonchev–Trinajstić information content (AvgIpc) is 2.03. The fourth-order valence-electron chi connectivity index (χ4n) is 0.806. The lowest BCUT2D eigenvalue weighted by Crippen LogP contribution is -2.23. The zero-order valence-corrected chi connectivity index (χ0v) is 9.53. The van der Waals surface area contributed by atoms with Crippen molar-refractivity contribution in [3.8, 4) is 0 Å². The summed E-state index contributed by atoms with van der Waals surface area (Å²) < 4.78 is 17.1. The summed E-state index contributed by atoms with van der Waals surface area (Å²) in [6.07, 6.45) is 0.923. The van der Waals surface area contributed by atoms with Gasteiger partial charge in [-0.1, -0.05) is 0 Å². The van der Waals surface area contributed by atoms with Gasteiger partial charge in [-0.2, -0.15) is 0 Å². The third-order valence-electron chi connectivity index (χ3n) is 1.40. The molecule has 14 heavy (non-hydrogen) atoms. The molecule has 0 aromatic heterocycles. The zero-order valence-electron chi connectivity index (χ0n) is 8.77. The second kappa shape index (κ2) is 6.02. The number of esters is 1. The van der Waals surface area contributed by atoms with Gasteiger partial charge in [-0.05, 0) is 32.8 Å². The molecular formula is C10H16ClFO2. The van der Waals surface area contributed by atoms with Crippen LogP contribution in [0.2, 0.25) is 0 Å². The van der Waals surface area contributed by atoms with E-state index in [-0.39, 0.29) is 18.3 Å². The van der Waals surface area contributed by atoms with Crippen LogP contribution in [-0.2, 0) is 9.53 Å². The maximum absolute atomic E-state index is 12.0. The van der Waals surface area contributed by atoms with Crippen molar-refractivity contribution >= 4 is 17.6 Å². The molecule has 0 aromatic carbocycles. The number of halogens is 2. The highest BCUT2D eigenvalue weighted by Gasteiger charge is 2.16. The molecule has 0 amide bonds. The molecule has 0 heterocycles. The smallest absolute Gasteiger partial charge is 0.306 e. The Balaban J connectivity index is 3.86. The van der Waals surface area contributed by atoms with Crippen LogP contribution in [0.25, 0.3) is 0 Å². The Morgan fingerprint density at radius 2 is 2.00 bits per heavy atom. The van der Waals surface area contributed by atoms with Gasteiger partial charge >= 0.3 is 5.97 Å². The van der Waals surface area contributed by atoms with Crippen LogP contribution >= 0.6 is 11.6 Å². The summed E-state index contributed by atoms with van der Waals surface area (Å²) in [7, 11) is 0. The van der Waals surface area contributed by atoms with Crippen LogP contribution < -0.4 is 0 Å². The van der Waals surface area contributed by atoms with Crippen LogP contribution in [0.5, 0.6) is 0 Å². The fraction of sp³-hybridized carbons (Fsp3) is 0.700. The predicted octanol–water partition coefficient (Wildman–Crippen LogP) is 3.20. The van der Waals surface area contributed by atoms with Gasteiger partial charge in [0.2, 0.25) is 0 Å². The third kappa shape index (κ3) is 6.89. The van der Waals surface area contributed by atoms with E-state index in [4.69, 9.17) is 16.3 Å². The first-order chi connectivity index (χ1) is 6.39. The van der Waals surface area contributed by atoms with Gasteiger partial charge in [-0.3, -0.25) is 4.79 Å². The summed E-state index contributed by atoms with van der Waals surface area (Å²) in [5.41, 5.74) is -0.0741. The second-order valence-electron chi connectivity index (χ2n) is 3.99. The lowest BCUT2D eigenvalue weighted by molar-refractivity contribution is -0.154. The van der Waals surface area contributed by atoms with Gasteiger partial charge in [0.1, 0.15) is 5.60 Å². The number of hydrogen-bond acceptors (Lipinski definition) is 2. The van der Waals surface area contributed by atoms with E-state index in [9.17, 15) is 9.18 Å². The number of allylic oxidation sites excluding steroid dienone is 1. The Labute approximate surface area is 89.1 Å². The van der Waals surface area contributed by atoms with Gasteiger partial charge in [-0.25, -0.2) is 4.39 Å². The van der Waals surface area contributed by atoms with Crippen molar-refractivity contribution < 1.29 is 13.9 Å². The van der Waals surface area contributed by atoms with E-state index < -0.39 is 5.60 Å². The van der Waals surface area contributed by atoms with Gasteiger partial charge in [0.15, 0.2) is 0 Å². The first-order valence-electron chi connectivity index (χ1n) is 4.45. The molecule has 0 saturated heterocycles. The third-order valence-corrected chi connectivity index (χ3v) is 1.74. The molecule has 0 atom stereocenters. The molecule has 82 valence electrons. The van der Waals surface area contributed by atoms with Gasteiger partial charge in [0.05, 0.1) is 6.33 Å². The quantitative estimate of drug-likeness (QED) is 0.539. The highest BCUT2D eigenvalue weighted by molar-refractivity contribution is 6.19. The minimum Gasteiger partial charge on any atom is -0.460 e. The maximum Gasteiger partial charge on any atom is 0.306 e. The monoisotopic (exact) mass is 222 g/mol. The van der Waals surface area contributed by atoms with Crippen LogP contribution in [0, 0.1) is 0 Å². The minimum absolute atomic E-state index is 0.110. The molecule has 4 heteroatoms. The molecule has 0 aromatic rings. The zero-order chi connectivity index (χ0) is 11.2. The van der Waals surface area contributed by atoms with E-state index >= 15 is 0 Å². The Morgan fingerprint density at radius 3 is 2.36 bits per heavy atom. The van der Waals surface area contributed by atoms with Crippen molar-refractivity contribution in [1.82, 2.24) is 0 Å². The number of hydrogen-bond donors (Lipinski definition) is 0. The van der Waals surface area contributed by atoms with Gasteiger partial charge in [-0.15, -0.1) is 11.6 Å². The van der Waals surface area contributed by atoms with E-state index in [0.29, 0.717) is 18.3 Å². The fourth-order valence-corrected chi connectivity index (χ4v) is 0.998. The summed E-state index contributed by atoms with van der Waals surface area (Å²) in [5.74, 6) is -0.221. The molecule has 0 aliphatic carbocycles. The van der Waals surface area contributed by atoms with E-state index in [1.165, 1.54) is 0 Å². The van der Waals surface area contributed by atoms with Crippen molar-refractivity contribution in [3.63, 3.8) is 0 Å². The Hall–Kier alpha value is -0.570. The van der Waals surface area contributed by atoms with Crippen molar-refractivity contribution in [2.75, 3.05) is 5.88 Å². The molecule has 0 saturated carbocycles. The molecule has 0 N–H and O–H groups in total. The topological polar surface area (TPSA) is 26.3 Å². The average molecular weight is 223 g/mol. The minimum atomic E-state index is -0.488. The molecule has 0 bridgehead atoms. The van der Waals surface area contributed by atoms with Crippen molar-refractivity contribution in [2.24, 2.45) is 0 Å². The number of rotatable bonds is 4. The predicted molar refractivity (Wildman–Crippen MR) is 55.0 cm³/mol. The highest BCUT2D eigenvalue weighted by atomic mass is 35.5. The van der Waals surface area contributed by atoms with Crippen LogP contribution in [0.15, 0.2) is 11.9 Å². The molecule has 0 aliphatic heterocycles. The lowest BCUT2D eigenvalue weighted by Gasteiger charge is -2.19. The summed E-state index contributed by atoms with van der Waals surface area (Å²) >= 11 is 5.42.